The van der Waals surface area contributed by atoms with E-state index in [9.17, 15) is 12.6 Å². The van der Waals surface area contributed by atoms with Crippen molar-refractivity contribution in [3.8, 4) is 0 Å². The maximum absolute atomic E-state index is 11.9. The Morgan fingerprint density at radius 3 is 2.41 bits per heavy atom. The van der Waals surface area contributed by atoms with Crippen molar-refractivity contribution in [2.24, 2.45) is 0 Å². The van der Waals surface area contributed by atoms with E-state index in [1.807, 2.05) is 13.8 Å². The molecular weight excluding hydrogens is 260 g/mol. The van der Waals surface area contributed by atoms with Crippen molar-refractivity contribution < 1.29 is 12.6 Å². The Hall–Kier alpha value is 0.0200. The van der Waals surface area contributed by atoms with Crippen LogP contribution in [0.5, 0.6) is 0 Å². The zero-order valence-corrected chi connectivity index (χ0v) is 12.1. The normalized spacial score (nSPS) is 19.9. The summed E-state index contributed by atoms with van der Waals surface area (Å²) < 4.78 is 36.5. The van der Waals surface area contributed by atoms with Crippen LogP contribution in [0.2, 0.25) is 0 Å². The molecule has 0 radical (unpaired) electrons. The summed E-state index contributed by atoms with van der Waals surface area (Å²) in [5.41, 5.74) is 0. The molecule has 1 N–H and O–H groups in total. The molecule has 1 fully saturated rings. The molecule has 0 saturated carbocycles. The minimum absolute atomic E-state index is 0.180. The van der Waals surface area contributed by atoms with Crippen molar-refractivity contribution in [1.29, 1.82) is 0 Å². The number of hydrogen-bond donors (Lipinski definition) is 1. The predicted molar refractivity (Wildman–Crippen MR) is 71.0 cm³/mol. The minimum Gasteiger partial charge on any atom is -0.314 e. The van der Waals surface area contributed by atoms with Crippen molar-refractivity contribution in [3.05, 3.63) is 0 Å². The lowest BCUT2D eigenvalue weighted by Gasteiger charge is -2.25. The summed E-state index contributed by atoms with van der Waals surface area (Å²) in [6, 6.07) is 0.384. The van der Waals surface area contributed by atoms with Gasteiger partial charge in [-0.3, -0.25) is 4.21 Å². The third-order valence-electron chi connectivity index (χ3n) is 2.66. The summed E-state index contributed by atoms with van der Waals surface area (Å²) in [5.74, 6) is 1.13. The average molecular weight is 282 g/mol. The first kappa shape index (κ1) is 15.1. The third-order valence-corrected chi connectivity index (χ3v) is 5.89. The van der Waals surface area contributed by atoms with Crippen LogP contribution >= 0.6 is 0 Å². The molecule has 0 amide bonds. The van der Waals surface area contributed by atoms with Gasteiger partial charge >= 0.3 is 0 Å². The van der Waals surface area contributed by atoms with Crippen molar-refractivity contribution in [2.45, 2.75) is 26.3 Å². The highest BCUT2D eigenvalue weighted by Crippen LogP contribution is 2.08. The first-order chi connectivity index (χ1) is 7.92. The number of nitrogens with one attached hydrogen (secondary N) is 1. The van der Waals surface area contributed by atoms with Gasteiger partial charge in [-0.25, -0.2) is 12.7 Å². The Labute approximate surface area is 106 Å². The quantitative estimate of drug-likeness (QED) is 0.683. The van der Waals surface area contributed by atoms with Crippen LogP contribution in [0, 0.1) is 0 Å². The van der Waals surface area contributed by atoms with E-state index in [0.717, 1.165) is 6.54 Å². The largest absolute Gasteiger partial charge is 0.314 e. The topological polar surface area (TPSA) is 66.5 Å². The highest BCUT2D eigenvalue weighted by molar-refractivity contribution is 7.89. The van der Waals surface area contributed by atoms with Crippen molar-refractivity contribution in [3.63, 3.8) is 0 Å². The number of nitrogens with zero attached hydrogens (tertiary/aromatic N) is 1. The zero-order valence-electron chi connectivity index (χ0n) is 10.5. The van der Waals surface area contributed by atoms with Gasteiger partial charge in [-0.05, 0) is 13.0 Å². The molecule has 102 valence electrons. The maximum atomic E-state index is 11.9. The minimum atomic E-state index is -3.15. The Kier molecular flexibility index (Phi) is 6.05. The molecule has 5 nitrogen and oxygen atoms in total. The van der Waals surface area contributed by atoms with Crippen LogP contribution < -0.4 is 5.32 Å². The first-order valence-electron chi connectivity index (χ1n) is 5.98. The molecule has 1 heterocycles. The van der Waals surface area contributed by atoms with Gasteiger partial charge in [0.15, 0.2) is 0 Å². The van der Waals surface area contributed by atoms with Crippen LogP contribution in [0.4, 0.5) is 0 Å². The lowest BCUT2D eigenvalue weighted by Crippen LogP contribution is -2.43. The van der Waals surface area contributed by atoms with Gasteiger partial charge in [-0.2, -0.15) is 0 Å². The second-order valence-corrected chi connectivity index (χ2v) is 8.31. The molecule has 0 atom stereocenters. The van der Waals surface area contributed by atoms with Gasteiger partial charge in [-0.1, -0.05) is 13.8 Å². The van der Waals surface area contributed by atoms with Gasteiger partial charge in [0.05, 0.1) is 5.75 Å². The summed E-state index contributed by atoms with van der Waals surface area (Å²) in [7, 11) is -3.97. The molecule has 0 bridgehead atoms. The molecule has 1 saturated heterocycles. The van der Waals surface area contributed by atoms with Crippen LogP contribution in [0.3, 0.4) is 0 Å². The van der Waals surface area contributed by atoms with E-state index in [1.165, 1.54) is 4.31 Å². The maximum Gasteiger partial charge on any atom is 0.214 e. The Bertz CT molecular complexity index is 345. The number of hydrogen-bond acceptors (Lipinski definition) is 4. The molecule has 1 rings (SSSR count). The molecule has 0 aromatic heterocycles. The summed E-state index contributed by atoms with van der Waals surface area (Å²) in [4.78, 5) is 0. The molecule has 17 heavy (non-hydrogen) atoms. The summed E-state index contributed by atoms with van der Waals surface area (Å²) >= 11 is 0. The smallest absolute Gasteiger partial charge is 0.214 e. The fourth-order valence-corrected chi connectivity index (χ4v) is 4.46. The van der Waals surface area contributed by atoms with E-state index in [-0.39, 0.29) is 5.75 Å². The number of sulfonamides is 1. The lowest BCUT2D eigenvalue weighted by molar-refractivity contribution is 0.436. The van der Waals surface area contributed by atoms with Crippen LogP contribution in [0.15, 0.2) is 0 Å². The summed E-state index contributed by atoms with van der Waals surface area (Å²) in [6.45, 7) is 5.61. The molecule has 0 aromatic carbocycles. The van der Waals surface area contributed by atoms with Crippen LogP contribution in [-0.4, -0.2) is 59.9 Å². The fourth-order valence-electron chi connectivity index (χ4n) is 1.67. The van der Waals surface area contributed by atoms with Gasteiger partial charge in [0.25, 0.3) is 0 Å². The van der Waals surface area contributed by atoms with Crippen LogP contribution in [-0.2, 0) is 20.8 Å². The SMILES string of the molecule is CC(C)NCCCS(=O)(=O)N1CCS(=O)CC1. The second kappa shape index (κ2) is 6.82. The van der Waals surface area contributed by atoms with Gasteiger partial charge in [0.2, 0.25) is 10.0 Å². The molecule has 7 heteroatoms. The van der Waals surface area contributed by atoms with E-state index >= 15 is 0 Å². The van der Waals surface area contributed by atoms with Crippen LogP contribution in [0.1, 0.15) is 20.3 Å². The summed E-state index contributed by atoms with van der Waals surface area (Å²) in [5, 5.41) is 3.20. The van der Waals surface area contributed by atoms with Gasteiger partial charge < -0.3 is 5.32 Å². The highest BCUT2D eigenvalue weighted by atomic mass is 32.2. The van der Waals surface area contributed by atoms with E-state index in [1.54, 1.807) is 0 Å². The monoisotopic (exact) mass is 282 g/mol. The molecule has 0 aromatic rings. The standard InChI is InChI=1S/C10H22N2O3S2/c1-10(2)11-4-3-9-17(14,15)12-5-7-16(13)8-6-12/h10-11H,3-9H2,1-2H3. The van der Waals surface area contributed by atoms with E-state index in [2.05, 4.69) is 5.32 Å². The van der Waals surface area contributed by atoms with Gasteiger partial charge in [-0.15, -0.1) is 0 Å². The third kappa shape index (κ3) is 5.46. The van der Waals surface area contributed by atoms with E-state index < -0.39 is 20.8 Å². The molecule has 0 aliphatic carbocycles. The molecular formula is C10H22N2O3S2. The zero-order chi connectivity index (χ0) is 12.9. The lowest BCUT2D eigenvalue weighted by atomic mass is 10.4. The molecule has 0 spiro atoms. The van der Waals surface area contributed by atoms with Crippen LogP contribution in [0.25, 0.3) is 0 Å². The first-order valence-corrected chi connectivity index (χ1v) is 9.08. The van der Waals surface area contributed by atoms with Crippen molar-refractivity contribution >= 4 is 20.8 Å². The second-order valence-electron chi connectivity index (χ2n) is 4.53. The van der Waals surface area contributed by atoms with E-state index in [4.69, 9.17) is 0 Å². The average Bonchev–Trinajstić information content (AvgIpc) is 2.25. The van der Waals surface area contributed by atoms with Crippen molar-refractivity contribution in [1.82, 2.24) is 9.62 Å². The Morgan fingerprint density at radius 1 is 1.29 bits per heavy atom. The fraction of sp³-hybridized carbons (Fsp3) is 1.00. The Balaban J connectivity index is 2.33. The van der Waals surface area contributed by atoms with Gasteiger partial charge in [0, 0.05) is 41.4 Å². The summed E-state index contributed by atoms with van der Waals surface area (Å²) in [6.07, 6.45) is 0.625. The van der Waals surface area contributed by atoms with E-state index in [0.29, 0.717) is 37.1 Å². The predicted octanol–water partition coefficient (Wildman–Crippen LogP) is -0.231. The van der Waals surface area contributed by atoms with Crippen molar-refractivity contribution in [2.75, 3.05) is 36.9 Å². The number of rotatable bonds is 6. The molecule has 0 unspecified atom stereocenters. The molecule has 1 aliphatic heterocycles. The highest BCUT2D eigenvalue weighted by Gasteiger charge is 2.25. The Morgan fingerprint density at radius 2 is 1.88 bits per heavy atom. The molecule has 1 aliphatic rings. The van der Waals surface area contributed by atoms with Gasteiger partial charge in [0.1, 0.15) is 0 Å².